The van der Waals surface area contributed by atoms with Crippen LogP contribution in [0.15, 0.2) is 77.3 Å². The molecule has 1 saturated heterocycles. The number of hydrogen-bond acceptors (Lipinski definition) is 12. The Hall–Kier alpha value is -4.83. The molecule has 0 bridgehead atoms. The number of carbonyl (C=O) groups excluding carboxylic acids is 3. The third-order valence-electron chi connectivity index (χ3n) is 11.9. The summed E-state index contributed by atoms with van der Waals surface area (Å²) in [5.74, 6) is -1.16. The average Bonchev–Trinajstić information content (AvgIpc) is 4.01. The predicted molar refractivity (Wildman–Crippen MR) is 233 cm³/mol. The smallest absolute Gasteiger partial charge is 0.240 e. The second kappa shape index (κ2) is 16.5. The zero-order valence-corrected chi connectivity index (χ0v) is 37.2. The van der Waals surface area contributed by atoms with Gasteiger partial charge in [0, 0.05) is 63.0 Å². The van der Waals surface area contributed by atoms with E-state index < -0.39 is 56.0 Å². The van der Waals surface area contributed by atoms with E-state index in [-0.39, 0.29) is 49.8 Å². The number of carbonyl (C=O) groups is 3. The summed E-state index contributed by atoms with van der Waals surface area (Å²) in [5.41, 5.74) is 0.149. The van der Waals surface area contributed by atoms with Crippen LogP contribution < -0.4 is 14.2 Å². The number of rotatable bonds is 15. The summed E-state index contributed by atoms with van der Waals surface area (Å²) in [6, 6.07) is 13.3. The van der Waals surface area contributed by atoms with Crippen LogP contribution in [0.3, 0.4) is 0 Å². The van der Waals surface area contributed by atoms with Gasteiger partial charge >= 0.3 is 0 Å². The summed E-state index contributed by atoms with van der Waals surface area (Å²) in [5, 5.41) is 8.53. The van der Waals surface area contributed by atoms with Crippen molar-refractivity contribution in [2.24, 2.45) is 22.7 Å². The summed E-state index contributed by atoms with van der Waals surface area (Å²) in [7, 11) is -2.33. The van der Waals surface area contributed by atoms with E-state index in [2.05, 4.69) is 21.4 Å². The maximum atomic E-state index is 15.0. The Bertz CT molecular complexity index is 2640. The number of benzene rings is 2. The summed E-state index contributed by atoms with van der Waals surface area (Å²) in [6.45, 7) is 9.81. The molecule has 5 atom stereocenters. The minimum atomic E-state index is -3.87. The van der Waals surface area contributed by atoms with E-state index in [0.717, 1.165) is 10.9 Å². The lowest BCUT2D eigenvalue weighted by molar-refractivity contribution is -0.144. The molecule has 2 amide bonds. The van der Waals surface area contributed by atoms with Crippen molar-refractivity contribution in [2.45, 2.75) is 76.7 Å². The first-order valence-corrected chi connectivity index (χ1v) is 23.2. The van der Waals surface area contributed by atoms with Gasteiger partial charge in [0.2, 0.25) is 27.7 Å². The lowest BCUT2D eigenvalue weighted by atomic mass is 9.77. The number of nitrogens with zero attached hydrogens (tertiary/aromatic N) is 4. The molecule has 3 aromatic heterocycles. The SMILES string of the molecule is C=C[C@@H]1C[C@]1(CC(=O)[C@@H]1C[C@@H](Oc2ncc(OC)c3ccc(Cl)cc23)CN1C(=O)[C@@H](Cc1nc(-c2cc(-c3ccc(Cl)cc3)no2)cs1)C(C)(C)C)C(=O)NS(=O)(=O)C1CC1. The van der Waals surface area contributed by atoms with Crippen LogP contribution in [-0.2, 0) is 30.8 Å². The second-order valence-corrected chi connectivity index (χ2v) is 20.9. The van der Waals surface area contributed by atoms with Crippen LogP contribution in [0.5, 0.6) is 11.6 Å². The number of halogens is 2. The highest BCUT2D eigenvalue weighted by Gasteiger charge is 2.61. The van der Waals surface area contributed by atoms with E-state index in [1.54, 1.807) is 60.7 Å². The number of methoxy groups -OCH3 is 1. The third kappa shape index (κ3) is 8.79. The van der Waals surface area contributed by atoms with Crippen molar-refractivity contribution < 1.29 is 36.8 Å². The Labute approximate surface area is 367 Å². The molecule has 5 aromatic rings. The van der Waals surface area contributed by atoms with Gasteiger partial charge in [0.25, 0.3) is 0 Å². The highest BCUT2D eigenvalue weighted by atomic mass is 35.5. The number of Topliss-reactive ketones (excluding diaryl/α,β-unsaturated/α-hetero) is 1. The highest BCUT2D eigenvalue weighted by molar-refractivity contribution is 7.90. The number of pyridine rings is 1. The van der Waals surface area contributed by atoms with E-state index in [0.29, 0.717) is 56.2 Å². The first-order chi connectivity index (χ1) is 29.0. The molecule has 2 aliphatic carbocycles. The monoisotopic (exact) mass is 905 g/mol. The normalized spacial score (nSPS) is 21.9. The fourth-order valence-electron chi connectivity index (χ4n) is 8.13. The summed E-state index contributed by atoms with van der Waals surface area (Å²) >= 11 is 13.9. The molecule has 0 radical (unpaired) electrons. The molecule has 0 spiro atoms. The highest BCUT2D eigenvalue weighted by Crippen LogP contribution is 2.57. The van der Waals surface area contributed by atoms with Crippen molar-refractivity contribution in [3.63, 3.8) is 0 Å². The number of hydrogen-bond donors (Lipinski definition) is 1. The van der Waals surface area contributed by atoms with Crippen molar-refractivity contribution in [2.75, 3.05) is 13.7 Å². The van der Waals surface area contributed by atoms with Gasteiger partial charge in [-0.05, 0) is 60.9 Å². The zero-order valence-electron chi connectivity index (χ0n) is 34.0. The largest absolute Gasteiger partial charge is 0.494 e. The molecule has 320 valence electrons. The first-order valence-electron chi connectivity index (χ1n) is 20.0. The standard InChI is InChI=1S/C44H45Cl2N5O8S2/c1-6-25-19-44(25,42(54)50-61(55,56)29-12-13-29)20-36(52)35-16-28(58-40-31-15-27(46)11-14-30(31)38(57-5)21-47-40)22-51(35)41(53)32(43(2,3)4)17-39-48-34(23-60-39)37-18-33(49-59-37)24-7-9-26(45)10-8-24/h6-11,14-15,18,21,23,25,28-29,32,35H,1,12-13,16-17,19-20,22H2,2-5H3,(H,50,54)/t25-,28-,32-,35+,44-/m1/s1. The Morgan fingerprint density at radius 1 is 1.08 bits per heavy atom. The van der Waals surface area contributed by atoms with Gasteiger partial charge in [-0.2, -0.15) is 0 Å². The van der Waals surface area contributed by atoms with Crippen molar-refractivity contribution in [1.29, 1.82) is 0 Å². The van der Waals surface area contributed by atoms with Crippen molar-refractivity contribution in [3.8, 4) is 34.3 Å². The van der Waals surface area contributed by atoms with Gasteiger partial charge in [-0.1, -0.05) is 67.3 Å². The number of thiazole rings is 1. The van der Waals surface area contributed by atoms with E-state index in [1.165, 1.54) is 11.3 Å². The van der Waals surface area contributed by atoms with Gasteiger partial charge in [0.1, 0.15) is 23.2 Å². The maximum Gasteiger partial charge on any atom is 0.240 e. The minimum Gasteiger partial charge on any atom is -0.494 e. The number of nitrogens with one attached hydrogen (secondary N) is 1. The van der Waals surface area contributed by atoms with Crippen LogP contribution in [0.4, 0.5) is 0 Å². The Kier molecular flexibility index (Phi) is 11.6. The number of fused-ring (bicyclic) bond motifs is 1. The lowest BCUT2D eigenvalue weighted by Crippen LogP contribution is -2.48. The van der Waals surface area contributed by atoms with Crippen LogP contribution >= 0.6 is 34.5 Å². The molecular formula is C44H45Cl2N5O8S2. The van der Waals surface area contributed by atoms with Crippen molar-refractivity contribution in [3.05, 3.63) is 87.8 Å². The molecule has 17 heteroatoms. The van der Waals surface area contributed by atoms with Gasteiger partial charge in [-0.15, -0.1) is 17.9 Å². The van der Waals surface area contributed by atoms with Gasteiger partial charge < -0.3 is 18.9 Å². The van der Waals surface area contributed by atoms with E-state index >= 15 is 4.79 Å². The van der Waals surface area contributed by atoms with Crippen molar-refractivity contribution >= 4 is 72.9 Å². The molecular weight excluding hydrogens is 862 g/mol. The van der Waals surface area contributed by atoms with Crippen LogP contribution in [0.1, 0.15) is 57.9 Å². The number of ether oxygens (including phenoxy) is 2. The van der Waals surface area contributed by atoms with Gasteiger partial charge in [0.15, 0.2) is 11.5 Å². The molecule has 61 heavy (non-hydrogen) atoms. The number of amides is 2. The number of likely N-dealkylation sites (tertiary alicyclic amines) is 1. The lowest BCUT2D eigenvalue weighted by Gasteiger charge is -2.35. The first kappa shape index (κ1) is 42.8. The van der Waals surface area contributed by atoms with Crippen molar-refractivity contribution in [1.82, 2.24) is 24.7 Å². The van der Waals surface area contributed by atoms with Crippen LogP contribution in [-0.4, -0.2) is 77.1 Å². The van der Waals surface area contributed by atoms with Gasteiger partial charge in [-0.3, -0.25) is 19.1 Å². The Balaban J connectivity index is 1.08. The summed E-state index contributed by atoms with van der Waals surface area (Å²) < 4.78 is 45.7. The van der Waals surface area contributed by atoms with Crippen LogP contribution in [0, 0.1) is 22.7 Å². The quantitative estimate of drug-likeness (QED) is 0.100. The summed E-state index contributed by atoms with van der Waals surface area (Å²) in [6.07, 6.45) is 3.77. The molecule has 3 aliphatic rings. The second-order valence-electron chi connectivity index (χ2n) is 17.2. The molecule has 0 unspecified atom stereocenters. The van der Waals surface area contributed by atoms with E-state index in [4.69, 9.17) is 42.2 Å². The Morgan fingerprint density at radius 2 is 1.82 bits per heavy atom. The fraction of sp³-hybridized carbons (Fsp3) is 0.409. The maximum absolute atomic E-state index is 15.0. The molecule has 1 N–H and O–H groups in total. The number of ketones is 1. The minimum absolute atomic E-state index is 0.0480. The fourth-order valence-corrected chi connectivity index (χ4v) is 10.6. The van der Waals surface area contributed by atoms with E-state index in [1.807, 2.05) is 38.3 Å². The molecule has 2 saturated carbocycles. The molecule has 4 heterocycles. The predicted octanol–water partition coefficient (Wildman–Crippen LogP) is 8.34. The molecule has 2 aromatic carbocycles. The number of sulfonamides is 1. The molecule has 3 fully saturated rings. The Morgan fingerprint density at radius 3 is 2.49 bits per heavy atom. The van der Waals surface area contributed by atoms with Gasteiger partial charge in [0.05, 0.1) is 41.6 Å². The third-order valence-corrected chi connectivity index (χ3v) is 15.1. The van der Waals surface area contributed by atoms with Gasteiger partial charge in [-0.25, -0.2) is 18.4 Å². The molecule has 1 aliphatic heterocycles. The summed E-state index contributed by atoms with van der Waals surface area (Å²) in [4.78, 5) is 54.3. The zero-order chi connectivity index (χ0) is 43.4. The average molecular weight is 907 g/mol. The van der Waals surface area contributed by atoms with E-state index in [9.17, 15) is 18.0 Å². The van der Waals surface area contributed by atoms with Crippen LogP contribution in [0.2, 0.25) is 10.0 Å². The molecule has 8 rings (SSSR count). The number of allylic oxidation sites excluding steroid dienone is 1. The topological polar surface area (TPSA) is 171 Å². The van der Waals surface area contributed by atoms with Crippen LogP contribution in [0.25, 0.3) is 33.5 Å². The molecule has 13 nitrogen and oxygen atoms in total. The number of aromatic nitrogens is 3.